The average molecular weight is 209 g/mol. The summed E-state index contributed by atoms with van der Waals surface area (Å²) in [4.78, 5) is 2.71. The summed E-state index contributed by atoms with van der Waals surface area (Å²) in [7, 11) is 0. The third-order valence-corrected chi connectivity index (χ3v) is 3.69. The molecule has 0 atom stereocenters. The van der Waals surface area contributed by atoms with Crippen molar-refractivity contribution in [1.29, 1.82) is 0 Å². The van der Waals surface area contributed by atoms with Gasteiger partial charge in [0.05, 0.1) is 0 Å². The molecule has 0 unspecified atom stereocenters. The minimum Gasteiger partial charge on any atom is -0.303 e. The Balaban J connectivity index is 0.000000531. The Hall–Kier alpha value is -0.300. The third-order valence-electron chi connectivity index (χ3n) is 3.69. The largest absolute Gasteiger partial charge is 0.303 e. The van der Waals surface area contributed by atoms with Gasteiger partial charge in [0.25, 0.3) is 0 Å². The van der Waals surface area contributed by atoms with E-state index in [4.69, 9.17) is 0 Å². The van der Waals surface area contributed by atoms with E-state index in [2.05, 4.69) is 18.1 Å². The minimum atomic E-state index is 1.05. The second-order valence-corrected chi connectivity index (χ2v) is 4.87. The highest BCUT2D eigenvalue weighted by atomic mass is 15.1. The lowest BCUT2D eigenvalue weighted by atomic mass is 9.88. The van der Waals surface area contributed by atoms with Gasteiger partial charge in [-0.1, -0.05) is 25.7 Å². The Morgan fingerprint density at radius 1 is 0.800 bits per heavy atom. The van der Waals surface area contributed by atoms with E-state index >= 15 is 0 Å². The van der Waals surface area contributed by atoms with Crippen molar-refractivity contribution in [2.45, 2.75) is 51.4 Å². The standard InChI is InChI=1S/C12H23N.C2H4/c1-3-7-12(8-4-1)11-13-9-5-2-6-10-13;1-2/h12H,1-11H2;1-2H2. The fraction of sp³-hybridized carbons (Fsp3) is 0.857. The number of nitrogens with zero attached hydrogens (tertiary/aromatic N) is 1. The Bertz CT molecular complexity index is 127. The van der Waals surface area contributed by atoms with Crippen LogP contribution in [0.1, 0.15) is 51.4 Å². The van der Waals surface area contributed by atoms with Crippen LogP contribution in [-0.4, -0.2) is 24.5 Å². The maximum atomic E-state index is 3.00. The second-order valence-electron chi connectivity index (χ2n) is 4.87. The smallest absolute Gasteiger partial charge is 0.000965 e. The quantitative estimate of drug-likeness (QED) is 0.624. The van der Waals surface area contributed by atoms with Gasteiger partial charge in [0.15, 0.2) is 0 Å². The van der Waals surface area contributed by atoms with E-state index in [1.165, 1.54) is 71.0 Å². The molecule has 0 aromatic heterocycles. The molecule has 2 aliphatic rings. The van der Waals surface area contributed by atoms with Crippen molar-refractivity contribution in [2.24, 2.45) is 5.92 Å². The van der Waals surface area contributed by atoms with E-state index in [1.807, 2.05) is 0 Å². The number of hydrogen-bond acceptors (Lipinski definition) is 1. The van der Waals surface area contributed by atoms with E-state index in [-0.39, 0.29) is 0 Å². The van der Waals surface area contributed by atoms with Crippen LogP contribution >= 0.6 is 0 Å². The summed E-state index contributed by atoms with van der Waals surface area (Å²) in [5, 5.41) is 0. The summed E-state index contributed by atoms with van der Waals surface area (Å²) in [6, 6.07) is 0. The molecule has 15 heavy (non-hydrogen) atoms. The highest BCUT2D eigenvalue weighted by molar-refractivity contribution is 4.72. The van der Waals surface area contributed by atoms with Gasteiger partial charge in [-0.3, -0.25) is 0 Å². The fourth-order valence-electron chi connectivity index (χ4n) is 2.88. The first-order valence-electron chi connectivity index (χ1n) is 6.67. The summed E-state index contributed by atoms with van der Waals surface area (Å²) >= 11 is 0. The molecule has 1 aliphatic carbocycles. The van der Waals surface area contributed by atoms with Gasteiger partial charge in [-0.25, -0.2) is 0 Å². The monoisotopic (exact) mass is 209 g/mol. The van der Waals surface area contributed by atoms with Crippen molar-refractivity contribution in [2.75, 3.05) is 19.6 Å². The molecular weight excluding hydrogens is 182 g/mol. The molecule has 1 saturated carbocycles. The predicted molar refractivity (Wildman–Crippen MR) is 68.1 cm³/mol. The van der Waals surface area contributed by atoms with Gasteiger partial charge in [0.1, 0.15) is 0 Å². The molecule has 0 aromatic rings. The summed E-state index contributed by atoms with van der Waals surface area (Å²) in [6.45, 7) is 10.2. The van der Waals surface area contributed by atoms with Crippen LogP contribution in [0.15, 0.2) is 13.2 Å². The SMILES string of the molecule is C1CCC(CN2CCCCC2)CC1.C=C. The molecule has 88 valence electrons. The zero-order valence-corrected chi connectivity index (χ0v) is 10.2. The molecular formula is C14H27N. The van der Waals surface area contributed by atoms with Crippen LogP contribution in [0.3, 0.4) is 0 Å². The molecule has 1 saturated heterocycles. The van der Waals surface area contributed by atoms with Crippen LogP contribution in [0, 0.1) is 5.92 Å². The minimum absolute atomic E-state index is 1.05. The van der Waals surface area contributed by atoms with E-state index in [9.17, 15) is 0 Å². The van der Waals surface area contributed by atoms with Gasteiger partial charge in [0, 0.05) is 6.54 Å². The molecule has 1 heteroatoms. The van der Waals surface area contributed by atoms with Crippen molar-refractivity contribution >= 4 is 0 Å². The first-order valence-corrected chi connectivity index (χ1v) is 6.67. The maximum absolute atomic E-state index is 3.00. The van der Waals surface area contributed by atoms with E-state index in [1.54, 1.807) is 0 Å². The van der Waals surface area contributed by atoms with E-state index < -0.39 is 0 Å². The van der Waals surface area contributed by atoms with Crippen LogP contribution in [0.4, 0.5) is 0 Å². The molecule has 1 heterocycles. The molecule has 0 spiro atoms. The Morgan fingerprint density at radius 3 is 1.93 bits per heavy atom. The van der Waals surface area contributed by atoms with Gasteiger partial charge in [-0.2, -0.15) is 0 Å². The predicted octanol–water partition coefficient (Wildman–Crippen LogP) is 3.85. The molecule has 0 bridgehead atoms. The van der Waals surface area contributed by atoms with Gasteiger partial charge < -0.3 is 4.90 Å². The fourth-order valence-corrected chi connectivity index (χ4v) is 2.88. The number of piperidine rings is 1. The molecule has 0 radical (unpaired) electrons. The molecule has 2 fully saturated rings. The number of hydrogen-bond donors (Lipinski definition) is 0. The second kappa shape index (κ2) is 7.92. The van der Waals surface area contributed by atoms with Crippen molar-refractivity contribution < 1.29 is 0 Å². The van der Waals surface area contributed by atoms with Crippen LogP contribution in [0.5, 0.6) is 0 Å². The van der Waals surface area contributed by atoms with Gasteiger partial charge in [0.2, 0.25) is 0 Å². The Morgan fingerprint density at radius 2 is 1.33 bits per heavy atom. The molecule has 1 aliphatic heterocycles. The van der Waals surface area contributed by atoms with Crippen molar-refractivity contribution in [1.82, 2.24) is 4.90 Å². The van der Waals surface area contributed by atoms with Gasteiger partial charge in [-0.05, 0) is 44.7 Å². The van der Waals surface area contributed by atoms with Crippen molar-refractivity contribution in [3.05, 3.63) is 13.2 Å². The van der Waals surface area contributed by atoms with Crippen molar-refractivity contribution in [3.63, 3.8) is 0 Å². The number of rotatable bonds is 2. The van der Waals surface area contributed by atoms with Crippen LogP contribution < -0.4 is 0 Å². The topological polar surface area (TPSA) is 3.24 Å². The molecule has 0 N–H and O–H groups in total. The molecule has 0 aromatic carbocycles. The summed E-state index contributed by atoms with van der Waals surface area (Å²) < 4.78 is 0. The summed E-state index contributed by atoms with van der Waals surface area (Å²) in [5.41, 5.74) is 0. The first-order chi connectivity index (χ1) is 7.45. The van der Waals surface area contributed by atoms with Crippen LogP contribution in [-0.2, 0) is 0 Å². The number of likely N-dealkylation sites (tertiary alicyclic amines) is 1. The van der Waals surface area contributed by atoms with Crippen LogP contribution in [0.25, 0.3) is 0 Å². The summed E-state index contributed by atoms with van der Waals surface area (Å²) in [5.74, 6) is 1.05. The average Bonchev–Trinajstić information content (AvgIpc) is 2.34. The lowest BCUT2D eigenvalue weighted by Crippen LogP contribution is -2.34. The Labute approximate surface area is 95.5 Å². The first kappa shape index (κ1) is 12.8. The highest BCUT2D eigenvalue weighted by Gasteiger charge is 2.18. The third kappa shape index (κ3) is 4.83. The molecule has 0 amide bonds. The molecule has 1 nitrogen and oxygen atoms in total. The van der Waals surface area contributed by atoms with Gasteiger partial charge >= 0.3 is 0 Å². The lowest BCUT2D eigenvalue weighted by Gasteiger charge is -2.32. The summed E-state index contributed by atoms with van der Waals surface area (Å²) in [6.07, 6.45) is 11.9. The lowest BCUT2D eigenvalue weighted by molar-refractivity contribution is 0.174. The zero-order chi connectivity index (χ0) is 10.9. The van der Waals surface area contributed by atoms with Gasteiger partial charge in [-0.15, -0.1) is 13.2 Å². The van der Waals surface area contributed by atoms with Crippen molar-refractivity contribution in [3.8, 4) is 0 Å². The van der Waals surface area contributed by atoms with E-state index in [0.717, 1.165) is 5.92 Å². The zero-order valence-electron chi connectivity index (χ0n) is 10.2. The van der Waals surface area contributed by atoms with Crippen LogP contribution in [0.2, 0.25) is 0 Å². The normalized spacial score (nSPS) is 24.3. The highest BCUT2D eigenvalue weighted by Crippen LogP contribution is 2.25. The molecule has 2 rings (SSSR count). The van der Waals surface area contributed by atoms with E-state index in [0.29, 0.717) is 0 Å². The Kier molecular flexibility index (Phi) is 6.74. The maximum Gasteiger partial charge on any atom is 0.000965 e.